The zero-order valence-electron chi connectivity index (χ0n) is 10.1. The molecule has 1 N–H and O–H groups in total. The Morgan fingerprint density at radius 2 is 2.28 bits per heavy atom. The van der Waals surface area contributed by atoms with Gasteiger partial charge in [-0.3, -0.25) is 4.79 Å². The van der Waals surface area contributed by atoms with E-state index in [1.807, 2.05) is 6.92 Å². The average molecular weight is 269 g/mol. The summed E-state index contributed by atoms with van der Waals surface area (Å²) in [6.45, 7) is 2.34. The topological polar surface area (TPSA) is 73.0 Å². The molecule has 0 atom stereocenters. The first-order valence-corrected chi connectivity index (χ1v) is 5.89. The third kappa shape index (κ3) is 2.53. The van der Waals surface area contributed by atoms with E-state index >= 15 is 0 Å². The van der Waals surface area contributed by atoms with Gasteiger partial charge in [-0.1, -0.05) is 18.5 Å². The molecule has 96 valence electrons. The molecule has 0 radical (unpaired) electrons. The standard InChI is InChI=1S/C11H13ClN4O2/c1-3-7-4-14-9(18-7)6-13-8-5-15-16(2)11(17)10(8)12/h4-5,13H,3,6H2,1-2H3. The second kappa shape index (κ2) is 5.22. The van der Waals surface area contributed by atoms with Crippen LogP contribution in [0.5, 0.6) is 0 Å². The molecule has 2 aromatic rings. The van der Waals surface area contributed by atoms with Gasteiger partial charge in [0.15, 0.2) is 0 Å². The summed E-state index contributed by atoms with van der Waals surface area (Å²) in [6, 6.07) is 0. The fraction of sp³-hybridized carbons (Fsp3) is 0.364. The summed E-state index contributed by atoms with van der Waals surface area (Å²) in [5.41, 5.74) is 0.124. The van der Waals surface area contributed by atoms with Crippen LogP contribution in [-0.4, -0.2) is 14.8 Å². The smallest absolute Gasteiger partial charge is 0.287 e. The van der Waals surface area contributed by atoms with E-state index < -0.39 is 0 Å². The number of anilines is 1. The largest absolute Gasteiger partial charge is 0.444 e. The molecule has 0 bridgehead atoms. The first-order valence-electron chi connectivity index (χ1n) is 5.51. The number of halogens is 1. The average Bonchev–Trinajstić information content (AvgIpc) is 2.83. The van der Waals surface area contributed by atoms with Crippen molar-refractivity contribution in [3.05, 3.63) is 39.4 Å². The maximum Gasteiger partial charge on any atom is 0.287 e. The number of aryl methyl sites for hydroxylation is 2. The molecule has 2 aromatic heterocycles. The van der Waals surface area contributed by atoms with Crippen molar-refractivity contribution in [2.45, 2.75) is 19.9 Å². The molecule has 2 rings (SSSR count). The Morgan fingerprint density at radius 1 is 1.50 bits per heavy atom. The predicted octanol–water partition coefficient (Wildman–Crippen LogP) is 1.60. The van der Waals surface area contributed by atoms with Crippen molar-refractivity contribution >= 4 is 17.3 Å². The summed E-state index contributed by atoms with van der Waals surface area (Å²) in [6.07, 6.45) is 3.97. The number of nitrogens with zero attached hydrogens (tertiary/aromatic N) is 3. The first-order chi connectivity index (χ1) is 8.61. The molecule has 6 nitrogen and oxygen atoms in total. The van der Waals surface area contributed by atoms with E-state index in [-0.39, 0.29) is 10.6 Å². The highest BCUT2D eigenvalue weighted by Gasteiger charge is 2.08. The lowest BCUT2D eigenvalue weighted by atomic mass is 10.4. The molecule has 0 unspecified atom stereocenters. The summed E-state index contributed by atoms with van der Waals surface area (Å²) < 4.78 is 6.60. The number of oxazole rings is 1. The Hall–Kier alpha value is -1.82. The molecule has 18 heavy (non-hydrogen) atoms. The van der Waals surface area contributed by atoms with Crippen LogP contribution >= 0.6 is 11.6 Å². The summed E-state index contributed by atoms with van der Waals surface area (Å²) >= 11 is 5.91. The molecule has 0 spiro atoms. The zero-order chi connectivity index (χ0) is 13.1. The van der Waals surface area contributed by atoms with Crippen LogP contribution in [0.1, 0.15) is 18.6 Å². The fourth-order valence-corrected chi connectivity index (χ4v) is 1.64. The molecule has 0 aliphatic heterocycles. The Morgan fingerprint density at radius 3 is 2.94 bits per heavy atom. The highest BCUT2D eigenvalue weighted by atomic mass is 35.5. The van der Waals surface area contributed by atoms with Crippen LogP contribution in [0.2, 0.25) is 5.02 Å². The van der Waals surface area contributed by atoms with Gasteiger partial charge in [0.05, 0.1) is 24.6 Å². The predicted molar refractivity (Wildman–Crippen MR) is 67.7 cm³/mol. The second-order valence-corrected chi connectivity index (χ2v) is 4.11. The van der Waals surface area contributed by atoms with Crippen molar-refractivity contribution in [2.24, 2.45) is 7.05 Å². The highest BCUT2D eigenvalue weighted by Crippen LogP contribution is 2.16. The summed E-state index contributed by atoms with van der Waals surface area (Å²) in [7, 11) is 1.54. The molecule has 2 heterocycles. The van der Waals surface area contributed by atoms with Gasteiger partial charge in [-0.05, 0) is 0 Å². The van der Waals surface area contributed by atoms with Crippen molar-refractivity contribution in [1.29, 1.82) is 0 Å². The Bertz CT molecular complexity index is 605. The molecule has 7 heteroatoms. The second-order valence-electron chi connectivity index (χ2n) is 3.73. The van der Waals surface area contributed by atoms with E-state index in [0.29, 0.717) is 18.1 Å². The normalized spacial score (nSPS) is 10.6. The van der Waals surface area contributed by atoms with Crippen molar-refractivity contribution in [3.8, 4) is 0 Å². The van der Waals surface area contributed by atoms with Gasteiger partial charge in [0, 0.05) is 13.5 Å². The van der Waals surface area contributed by atoms with E-state index in [9.17, 15) is 4.79 Å². The maximum absolute atomic E-state index is 11.5. The third-order valence-electron chi connectivity index (χ3n) is 2.46. The van der Waals surface area contributed by atoms with Crippen LogP contribution < -0.4 is 10.9 Å². The van der Waals surface area contributed by atoms with Crippen LogP contribution in [0, 0.1) is 0 Å². The van der Waals surface area contributed by atoms with Gasteiger partial charge in [0.25, 0.3) is 5.56 Å². The molecule has 0 fully saturated rings. The summed E-state index contributed by atoms with van der Waals surface area (Å²) in [5, 5.41) is 6.96. The molecule has 0 aliphatic carbocycles. The van der Waals surface area contributed by atoms with Crippen LogP contribution in [0.25, 0.3) is 0 Å². The Labute approximate surface area is 109 Å². The molecule has 0 saturated carbocycles. The summed E-state index contributed by atoms with van der Waals surface area (Å²) in [5.74, 6) is 1.36. The Kier molecular flexibility index (Phi) is 3.66. The molecular weight excluding hydrogens is 256 g/mol. The number of aromatic nitrogens is 3. The third-order valence-corrected chi connectivity index (χ3v) is 2.82. The minimum Gasteiger partial charge on any atom is -0.444 e. The van der Waals surface area contributed by atoms with Gasteiger partial charge in [-0.15, -0.1) is 0 Å². The lowest BCUT2D eigenvalue weighted by Crippen LogP contribution is -2.21. The zero-order valence-corrected chi connectivity index (χ0v) is 10.9. The highest BCUT2D eigenvalue weighted by molar-refractivity contribution is 6.32. The fourth-order valence-electron chi connectivity index (χ4n) is 1.40. The van der Waals surface area contributed by atoms with E-state index in [2.05, 4.69) is 15.4 Å². The van der Waals surface area contributed by atoms with Crippen molar-refractivity contribution in [1.82, 2.24) is 14.8 Å². The summed E-state index contributed by atoms with van der Waals surface area (Å²) in [4.78, 5) is 15.6. The first kappa shape index (κ1) is 12.6. The van der Waals surface area contributed by atoms with Gasteiger partial charge in [-0.25, -0.2) is 9.67 Å². The number of hydrogen-bond donors (Lipinski definition) is 1. The van der Waals surface area contributed by atoms with Crippen molar-refractivity contribution < 1.29 is 4.42 Å². The number of rotatable bonds is 4. The van der Waals surface area contributed by atoms with Gasteiger partial charge >= 0.3 is 0 Å². The van der Waals surface area contributed by atoms with Crippen LogP contribution in [0.4, 0.5) is 5.69 Å². The molecule has 0 saturated heterocycles. The molecule has 0 aliphatic rings. The minimum absolute atomic E-state index is 0.106. The molecule has 0 amide bonds. The van der Waals surface area contributed by atoms with Crippen LogP contribution in [0.3, 0.4) is 0 Å². The quantitative estimate of drug-likeness (QED) is 0.912. The monoisotopic (exact) mass is 268 g/mol. The van der Waals surface area contributed by atoms with Crippen molar-refractivity contribution in [3.63, 3.8) is 0 Å². The minimum atomic E-state index is -0.344. The van der Waals surface area contributed by atoms with Gasteiger partial charge in [0.1, 0.15) is 10.8 Å². The molecular formula is C11H13ClN4O2. The van der Waals surface area contributed by atoms with Crippen LogP contribution in [0.15, 0.2) is 21.6 Å². The lowest BCUT2D eigenvalue weighted by molar-refractivity contribution is 0.466. The molecule has 0 aromatic carbocycles. The van der Waals surface area contributed by atoms with Crippen LogP contribution in [-0.2, 0) is 20.0 Å². The van der Waals surface area contributed by atoms with E-state index in [1.165, 1.54) is 10.9 Å². The van der Waals surface area contributed by atoms with E-state index in [0.717, 1.165) is 12.2 Å². The number of hydrogen-bond acceptors (Lipinski definition) is 5. The SMILES string of the molecule is CCc1cnc(CNc2cnn(C)c(=O)c2Cl)o1. The lowest BCUT2D eigenvalue weighted by Gasteiger charge is -2.06. The van der Waals surface area contributed by atoms with Crippen molar-refractivity contribution in [2.75, 3.05) is 5.32 Å². The maximum atomic E-state index is 11.5. The van der Waals surface area contributed by atoms with E-state index in [1.54, 1.807) is 13.2 Å². The van der Waals surface area contributed by atoms with E-state index in [4.69, 9.17) is 16.0 Å². The number of nitrogens with one attached hydrogen (secondary N) is 1. The van der Waals surface area contributed by atoms with Gasteiger partial charge in [0.2, 0.25) is 5.89 Å². The Balaban J connectivity index is 2.11. The van der Waals surface area contributed by atoms with Gasteiger partial charge in [-0.2, -0.15) is 5.10 Å². The van der Waals surface area contributed by atoms with Gasteiger partial charge < -0.3 is 9.73 Å².